The third kappa shape index (κ3) is 4.20. The molecule has 0 saturated heterocycles. The van der Waals surface area contributed by atoms with E-state index < -0.39 is 0 Å². The minimum absolute atomic E-state index is 0.215. The highest BCUT2D eigenvalue weighted by molar-refractivity contribution is 8.00. The Morgan fingerprint density at radius 1 is 1.00 bits per heavy atom. The van der Waals surface area contributed by atoms with Crippen molar-refractivity contribution in [3.63, 3.8) is 0 Å². The lowest BCUT2D eigenvalue weighted by Crippen LogP contribution is -2.28. The van der Waals surface area contributed by atoms with E-state index in [0.717, 1.165) is 29.4 Å². The summed E-state index contributed by atoms with van der Waals surface area (Å²) < 4.78 is 0. The molecule has 2 aliphatic carbocycles. The van der Waals surface area contributed by atoms with Crippen LogP contribution in [0.4, 0.5) is 5.69 Å². The Morgan fingerprint density at radius 2 is 1.82 bits per heavy atom. The molecule has 3 aliphatic rings. The summed E-state index contributed by atoms with van der Waals surface area (Å²) in [7, 11) is 0. The molecule has 0 spiro atoms. The molecular weight excluding hydrogens is 422 g/mol. The molecule has 1 aliphatic heterocycles. The van der Waals surface area contributed by atoms with Gasteiger partial charge in [-0.1, -0.05) is 79.2 Å². The summed E-state index contributed by atoms with van der Waals surface area (Å²) in [6.45, 7) is 2.31. The van der Waals surface area contributed by atoms with Gasteiger partial charge in [0, 0.05) is 21.7 Å². The molecule has 2 unspecified atom stereocenters. The number of thioether (sulfide) groups is 1. The summed E-state index contributed by atoms with van der Waals surface area (Å²) >= 11 is 1.71. The van der Waals surface area contributed by atoms with Crippen molar-refractivity contribution >= 4 is 34.1 Å². The summed E-state index contributed by atoms with van der Waals surface area (Å²) in [5.74, 6) is 2.42. The Bertz CT molecular complexity index is 1280. The molecule has 3 aromatic rings. The average molecular weight is 451 g/mol. The summed E-state index contributed by atoms with van der Waals surface area (Å²) in [6, 6.07) is 23.3. The number of aliphatic imine (C=N–C) groups is 1. The van der Waals surface area contributed by atoms with Gasteiger partial charge in [-0.2, -0.15) is 0 Å². The second-order valence-electron chi connectivity index (χ2n) is 9.09. The largest absolute Gasteiger partial charge is 0.654 e. The minimum atomic E-state index is -0.215. The third-order valence-corrected chi connectivity index (χ3v) is 7.88. The SMILES string of the molecule is CCC1CC=C(NC2=NC(Sc3cccc4ccccc34)[N-]c3ccccc32)C=C1C1CC1. The summed E-state index contributed by atoms with van der Waals surface area (Å²) in [5, 5.41) is 11.2. The first-order chi connectivity index (χ1) is 16.3. The van der Waals surface area contributed by atoms with Crippen molar-refractivity contribution in [2.75, 3.05) is 0 Å². The molecule has 33 heavy (non-hydrogen) atoms. The fourth-order valence-electron chi connectivity index (χ4n) is 4.93. The average Bonchev–Trinajstić information content (AvgIpc) is 3.70. The van der Waals surface area contributed by atoms with Gasteiger partial charge < -0.3 is 10.6 Å². The minimum Gasteiger partial charge on any atom is -0.654 e. The van der Waals surface area contributed by atoms with Crippen molar-refractivity contribution in [3.05, 3.63) is 101 Å². The Hall–Kier alpha value is -2.98. The van der Waals surface area contributed by atoms with Crippen LogP contribution >= 0.6 is 11.8 Å². The van der Waals surface area contributed by atoms with Crippen molar-refractivity contribution in [1.29, 1.82) is 0 Å². The van der Waals surface area contributed by atoms with Gasteiger partial charge in [0.05, 0.1) is 0 Å². The van der Waals surface area contributed by atoms with Gasteiger partial charge in [-0.05, 0) is 60.4 Å². The molecule has 1 N–H and O–H groups in total. The predicted molar refractivity (Wildman–Crippen MR) is 140 cm³/mol. The molecule has 0 bridgehead atoms. The maximum atomic E-state index is 5.08. The van der Waals surface area contributed by atoms with E-state index in [1.54, 1.807) is 17.3 Å². The van der Waals surface area contributed by atoms with Gasteiger partial charge in [-0.15, -0.1) is 17.4 Å². The van der Waals surface area contributed by atoms with Crippen molar-refractivity contribution < 1.29 is 0 Å². The van der Waals surface area contributed by atoms with Crippen LogP contribution in [0.1, 0.15) is 38.2 Å². The lowest BCUT2D eigenvalue weighted by atomic mass is 9.85. The number of fused-ring (bicyclic) bond motifs is 2. The molecule has 4 heteroatoms. The van der Waals surface area contributed by atoms with Crippen LogP contribution < -0.4 is 5.32 Å². The molecular formula is C29H28N3S-. The van der Waals surface area contributed by atoms with Crippen molar-refractivity contribution in [1.82, 2.24) is 5.32 Å². The van der Waals surface area contributed by atoms with Gasteiger partial charge >= 0.3 is 0 Å². The van der Waals surface area contributed by atoms with Gasteiger partial charge in [0.2, 0.25) is 0 Å². The van der Waals surface area contributed by atoms with Crippen molar-refractivity contribution in [2.45, 2.75) is 43.0 Å². The van der Waals surface area contributed by atoms with Crippen LogP contribution in [-0.4, -0.2) is 11.3 Å². The Balaban J connectivity index is 1.31. The van der Waals surface area contributed by atoms with Crippen molar-refractivity contribution in [2.24, 2.45) is 16.8 Å². The van der Waals surface area contributed by atoms with Gasteiger partial charge in [0.25, 0.3) is 0 Å². The standard InChI is InChI=1S/C29H28N3S/c1-2-19-16-17-22(18-25(19)21-14-15-21)30-28-24-11-5-6-12-26(24)31-29(32-28)33-27-13-7-9-20-8-3-4-10-23(20)27/h3-13,17-19,21,29H,2,14-16H2,1H3,(H,30,32)/q-1. The van der Waals surface area contributed by atoms with Gasteiger partial charge in [-0.25, -0.2) is 0 Å². The zero-order chi connectivity index (χ0) is 22.2. The van der Waals surface area contributed by atoms with Crippen molar-refractivity contribution in [3.8, 4) is 0 Å². The smallest absolute Gasteiger partial charge is 0.131 e. The number of hydrogen-bond acceptors (Lipinski definition) is 3. The molecule has 1 fully saturated rings. The fourth-order valence-corrected chi connectivity index (χ4v) is 5.96. The molecule has 166 valence electrons. The zero-order valence-electron chi connectivity index (χ0n) is 18.9. The van der Waals surface area contributed by atoms with Crippen LogP contribution in [0.5, 0.6) is 0 Å². The summed E-state index contributed by atoms with van der Waals surface area (Å²) in [6.07, 6.45) is 9.79. The number of hydrogen-bond donors (Lipinski definition) is 1. The normalized spacial score (nSPS) is 22.0. The third-order valence-electron chi connectivity index (χ3n) is 6.85. The van der Waals surface area contributed by atoms with Crippen LogP contribution in [0.2, 0.25) is 0 Å². The van der Waals surface area contributed by atoms with E-state index in [2.05, 4.69) is 91.1 Å². The lowest BCUT2D eigenvalue weighted by molar-refractivity contribution is 0.557. The Morgan fingerprint density at radius 3 is 2.70 bits per heavy atom. The number of amidine groups is 1. The van der Waals surface area contributed by atoms with E-state index in [0.29, 0.717) is 5.92 Å². The number of allylic oxidation sites excluding steroid dienone is 3. The first-order valence-electron chi connectivity index (χ1n) is 12.0. The fraction of sp³-hybridized carbons (Fsp3) is 0.276. The second-order valence-corrected chi connectivity index (χ2v) is 10.2. The topological polar surface area (TPSA) is 38.5 Å². The van der Waals surface area contributed by atoms with Gasteiger partial charge in [-0.3, -0.25) is 4.99 Å². The maximum Gasteiger partial charge on any atom is 0.131 e. The van der Waals surface area contributed by atoms with Crippen LogP contribution in [-0.2, 0) is 0 Å². The first kappa shape index (κ1) is 20.6. The maximum absolute atomic E-state index is 5.08. The molecule has 3 aromatic carbocycles. The quantitative estimate of drug-likeness (QED) is 0.429. The number of benzene rings is 3. The second kappa shape index (κ2) is 8.75. The summed E-state index contributed by atoms with van der Waals surface area (Å²) in [5.41, 5.74) is 4.69. The molecule has 3 nitrogen and oxygen atoms in total. The van der Waals surface area contributed by atoms with Crippen LogP contribution in [0, 0.1) is 11.8 Å². The highest BCUT2D eigenvalue weighted by Gasteiger charge is 2.31. The van der Waals surface area contributed by atoms with Crippen LogP contribution in [0.25, 0.3) is 16.1 Å². The molecule has 0 aromatic heterocycles. The van der Waals surface area contributed by atoms with Crippen LogP contribution in [0.15, 0.2) is 100 Å². The number of para-hydroxylation sites is 1. The molecule has 1 heterocycles. The molecule has 0 radical (unpaired) electrons. The highest BCUT2D eigenvalue weighted by Crippen LogP contribution is 2.45. The van der Waals surface area contributed by atoms with E-state index in [-0.39, 0.29) is 5.50 Å². The zero-order valence-corrected chi connectivity index (χ0v) is 19.7. The molecule has 1 saturated carbocycles. The lowest BCUT2D eigenvalue weighted by Gasteiger charge is -2.37. The molecule has 2 atom stereocenters. The van der Waals surface area contributed by atoms with E-state index in [1.165, 1.54) is 40.6 Å². The number of nitrogens with zero attached hydrogens (tertiary/aromatic N) is 2. The van der Waals surface area contributed by atoms with Gasteiger partial charge in [0.1, 0.15) is 5.84 Å². The van der Waals surface area contributed by atoms with E-state index in [4.69, 9.17) is 10.3 Å². The Kier molecular flexibility index (Phi) is 5.47. The van der Waals surface area contributed by atoms with Crippen LogP contribution in [0.3, 0.4) is 0 Å². The monoisotopic (exact) mass is 450 g/mol. The highest BCUT2D eigenvalue weighted by atomic mass is 32.2. The predicted octanol–water partition coefficient (Wildman–Crippen LogP) is 7.92. The van der Waals surface area contributed by atoms with Gasteiger partial charge in [0.15, 0.2) is 0 Å². The number of rotatable bonds is 5. The molecule has 0 amide bonds. The van der Waals surface area contributed by atoms with E-state index >= 15 is 0 Å². The Labute approximate surface area is 200 Å². The van der Waals surface area contributed by atoms with E-state index in [1.807, 2.05) is 0 Å². The summed E-state index contributed by atoms with van der Waals surface area (Å²) in [4.78, 5) is 6.29. The molecule has 6 rings (SSSR count). The first-order valence-corrected chi connectivity index (χ1v) is 12.9. The van der Waals surface area contributed by atoms with E-state index in [9.17, 15) is 0 Å². The number of nitrogens with one attached hydrogen (secondary N) is 1.